The third-order valence-electron chi connectivity index (χ3n) is 6.19. The molecule has 2 aromatic heterocycles. The lowest BCUT2D eigenvalue weighted by Gasteiger charge is -2.21. The maximum absolute atomic E-state index is 13.1. The lowest BCUT2D eigenvalue weighted by molar-refractivity contribution is -0.157. The van der Waals surface area contributed by atoms with E-state index in [4.69, 9.17) is 14.2 Å². The minimum atomic E-state index is -1.56. The molecule has 1 unspecified atom stereocenters. The van der Waals surface area contributed by atoms with Gasteiger partial charge in [-0.25, -0.2) is 14.6 Å². The van der Waals surface area contributed by atoms with E-state index >= 15 is 0 Å². The second-order valence-electron chi connectivity index (χ2n) is 9.91. The van der Waals surface area contributed by atoms with E-state index in [9.17, 15) is 24.3 Å². The number of aliphatic hydroxyl groups is 1. The van der Waals surface area contributed by atoms with Gasteiger partial charge in [-0.2, -0.15) is 0 Å². The third kappa shape index (κ3) is 4.19. The Labute approximate surface area is 211 Å². The van der Waals surface area contributed by atoms with Gasteiger partial charge in [-0.3, -0.25) is 9.59 Å². The molecule has 10 heteroatoms. The topological polar surface area (TPSA) is 134 Å². The molecule has 10 nitrogen and oxygen atoms in total. The van der Waals surface area contributed by atoms with Gasteiger partial charge >= 0.3 is 11.9 Å². The van der Waals surface area contributed by atoms with Crippen molar-refractivity contribution in [3.8, 4) is 17.1 Å². The van der Waals surface area contributed by atoms with Crippen molar-refractivity contribution >= 4 is 29.1 Å². The minimum Gasteiger partial charge on any atom is -0.489 e. The fourth-order valence-corrected chi connectivity index (χ4v) is 4.44. The van der Waals surface area contributed by atoms with Crippen LogP contribution >= 0.6 is 0 Å². The van der Waals surface area contributed by atoms with Crippen molar-refractivity contribution in [3.05, 3.63) is 69.0 Å². The molecular formula is C27H24N2O8. The molecule has 2 aliphatic heterocycles. The van der Waals surface area contributed by atoms with Crippen LogP contribution in [0.15, 0.2) is 41.2 Å². The Balaban J connectivity index is 1.50. The number of pyridine rings is 2. The van der Waals surface area contributed by atoms with Crippen LogP contribution in [-0.4, -0.2) is 45.1 Å². The molecule has 1 aromatic carbocycles. The van der Waals surface area contributed by atoms with Crippen LogP contribution < -0.4 is 10.3 Å². The largest absolute Gasteiger partial charge is 0.489 e. The Morgan fingerprint density at radius 1 is 1.27 bits per heavy atom. The van der Waals surface area contributed by atoms with E-state index in [0.717, 1.165) is 0 Å². The van der Waals surface area contributed by atoms with Crippen LogP contribution in [-0.2, 0) is 32.2 Å². The van der Waals surface area contributed by atoms with Crippen molar-refractivity contribution < 1.29 is 33.7 Å². The van der Waals surface area contributed by atoms with Gasteiger partial charge in [-0.05, 0) is 45.0 Å². The van der Waals surface area contributed by atoms with Crippen LogP contribution in [0.2, 0.25) is 0 Å². The smallest absolute Gasteiger partial charge is 0.340 e. The van der Waals surface area contributed by atoms with Crippen molar-refractivity contribution in [1.29, 1.82) is 0 Å². The van der Waals surface area contributed by atoms with Crippen LogP contribution in [0.25, 0.3) is 22.3 Å². The van der Waals surface area contributed by atoms with Gasteiger partial charge in [0.15, 0.2) is 12.4 Å². The maximum atomic E-state index is 13.1. The molecule has 0 saturated carbocycles. The summed E-state index contributed by atoms with van der Waals surface area (Å²) in [6.07, 6.45) is -0.863. The van der Waals surface area contributed by atoms with Gasteiger partial charge in [0.25, 0.3) is 5.56 Å². The number of aromatic nitrogens is 2. The lowest BCUT2D eigenvalue weighted by Crippen LogP contribution is -2.32. The summed E-state index contributed by atoms with van der Waals surface area (Å²) >= 11 is 0. The fraction of sp³-hybridized carbons (Fsp3) is 0.296. The van der Waals surface area contributed by atoms with E-state index in [0.29, 0.717) is 45.5 Å². The Kier molecular flexibility index (Phi) is 5.71. The standard InChI is InChI=1S/C27H24N2O8/c1-13(25(33)37-27(2,3)4)11-35-14-5-6-20-15(7-14)18(10-30)17-9-29-21(22(17)28-20)8-16-19(24(29)32)12-36-26(34)23(16)31/h5-8,10,23,31H,1,9,11-12H2,2-4H3. The Morgan fingerprint density at radius 3 is 2.73 bits per heavy atom. The first-order valence-corrected chi connectivity index (χ1v) is 11.6. The average Bonchev–Trinajstić information content (AvgIpc) is 3.21. The first-order valence-electron chi connectivity index (χ1n) is 11.6. The number of esters is 2. The minimum absolute atomic E-state index is 0.0956. The number of cyclic esters (lactones) is 1. The van der Waals surface area contributed by atoms with Crippen molar-refractivity contribution in [2.75, 3.05) is 6.61 Å². The number of aliphatic hydroxyl groups excluding tert-OH is 1. The zero-order valence-corrected chi connectivity index (χ0v) is 20.5. The molecule has 0 saturated heterocycles. The second kappa shape index (κ2) is 8.67. The number of rotatable bonds is 5. The molecule has 0 amide bonds. The fourth-order valence-electron chi connectivity index (χ4n) is 4.44. The SMILES string of the molecule is C=C(COc1ccc2nc3c(c(C=O)c2c1)Cn1c-3cc2c(c1=O)COC(=O)C2O)C(=O)OC(C)(C)C. The van der Waals surface area contributed by atoms with Gasteiger partial charge in [0.2, 0.25) is 0 Å². The molecule has 0 spiro atoms. The molecule has 37 heavy (non-hydrogen) atoms. The van der Waals surface area contributed by atoms with E-state index in [2.05, 4.69) is 11.6 Å². The zero-order chi connectivity index (χ0) is 26.6. The van der Waals surface area contributed by atoms with Crippen molar-refractivity contribution in [1.82, 2.24) is 9.55 Å². The Morgan fingerprint density at radius 2 is 2.03 bits per heavy atom. The Bertz CT molecular complexity index is 1580. The first-order chi connectivity index (χ1) is 17.5. The monoisotopic (exact) mass is 504 g/mol. The second-order valence-corrected chi connectivity index (χ2v) is 9.91. The number of fused-ring (bicyclic) bond motifs is 5. The van der Waals surface area contributed by atoms with Crippen molar-refractivity contribution in [2.45, 2.75) is 45.6 Å². The molecule has 5 rings (SSSR count). The number of hydrogen-bond donors (Lipinski definition) is 1. The number of ether oxygens (including phenoxy) is 3. The van der Waals surface area contributed by atoms with Crippen LogP contribution in [0.4, 0.5) is 0 Å². The Hall–Kier alpha value is -4.31. The molecule has 1 N–H and O–H groups in total. The van der Waals surface area contributed by atoms with Gasteiger partial charge < -0.3 is 23.9 Å². The highest BCUT2D eigenvalue weighted by molar-refractivity contribution is 6.01. The lowest BCUT2D eigenvalue weighted by atomic mass is 9.99. The predicted octanol–water partition coefficient (Wildman–Crippen LogP) is 2.60. The van der Waals surface area contributed by atoms with Gasteiger partial charge in [-0.15, -0.1) is 0 Å². The van der Waals surface area contributed by atoms with Crippen LogP contribution in [0.3, 0.4) is 0 Å². The average molecular weight is 504 g/mol. The summed E-state index contributed by atoms with van der Waals surface area (Å²) in [5.41, 5.74) is 1.64. The third-order valence-corrected chi connectivity index (χ3v) is 6.19. The summed E-state index contributed by atoms with van der Waals surface area (Å²) in [5, 5.41) is 10.8. The van der Waals surface area contributed by atoms with Crippen LogP contribution in [0.1, 0.15) is 53.9 Å². The van der Waals surface area contributed by atoms with E-state index in [1.165, 1.54) is 4.57 Å². The molecule has 3 aromatic rings. The van der Waals surface area contributed by atoms with Crippen molar-refractivity contribution in [2.24, 2.45) is 0 Å². The number of carbonyl (C=O) groups is 3. The van der Waals surface area contributed by atoms with Gasteiger partial charge in [0.1, 0.15) is 24.6 Å². The number of carbonyl (C=O) groups excluding carboxylic acids is 3. The highest BCUT2D eigenvalue weighted by atomic mass is 16.6. The van der Waals surface area contributed by atoms with E-state index < -0.39 is 29.2 Å². The number of benzene rings is 1. The van der Waals surface area contributed by atoms with Crippen LogP contribution in [0.5, 0.6) is 5.75 Å². The van der Waals surface area contributed by atoms with Crippen molar-refractivity contribution in [3.63, 3.8) is 0 Å². The summed E-state index contributed by atoms with van der Waals surface area (Å²) in [6.45, 7) is 8.75. The maximum Gasteiger partial charge on any atom is 0.340 e. The highest BCUT2D eigenvalue weighted by Gasteiger charge is 2.34. The van der Waals surface area contributed by atoms with Gasteiger partial charge in [0, 0.05) is 22.1 Å². The molecule has 0 aliphatic carbocycles. The molecular weight excluding hydrogens is 480 g/mol. The van der Waals surface area contributed by atoms with E-state index in [1.54, 1.807) is 45.0 Å². The molecule has 1 atom stereocenters. The van der Waals surface area contributed by atoms with Gasteiger partial charge in [0.05, 0.1) is 34.6 Å². The summed E-state index contributed by atoms with van der Waals surface area (Å²) < 4.78 is 17.4. The van der Waals surface area contributed by atoms with Gasteiger partial charge in [-0.1, -0.05) is 6.58 Å². The first kappa shape index (κ1) is 24.4. The molecule has 0 fully saturated rings. The molecule has 4 heterocycles. The van der Waals surface area contributed by atoms with E-state index in [-0.39, 0.29) is 36.5 Å². The molecule has 0 bridgehead atoms. The zero-order valence-electron chi connectivity index (χ0n) is 20.5. The molecule has 190 valence electrons. The quantitative estimate of drug-likeness (QED) is 0.247. The number of aldehydes is 1. The molecule has 2 aliphatic rings. The summed E-state index contributed by atoms with van der Waals surface area (Å²) in [7, 11) is 0. The summed E-state index contributed by atoms with van der Waals surface area (Å²) in [6, 6.07) is 6.51. The highest BCUT2D eigenvalue weighted by Crippen LogP contribution is 2.38. The number of hydrogen-bond acceptors (Lipinski definition) is 9. The normalized spacial score (nSPS) is 15.9. The van der Waals surface area contributed by atoms with E-state index in [1.807, 2.05) is 0 Å². The van der Waals surface area contributed by atoms with Crippen LogP contribution in [0, 0.1) is 0 Å². The number of nitrogens with zero attached hydrogens (tertiary/aromatic N) is 2. The summed E-state index contributed by atoms with van der Waals surface area (Å²) in [5.74, 6) is -0.995. The molecule has 0 radical (unpaired) electrons. The summed E-state index contributed by atoms with van der Waals surface area (Å²) in [4.78, 5) is 54.0. The predicted molar refractivity (Wildman–Crippen MR) is 131 cm³/mol.